The highest BCUT2D eigenvalue weighted by Gasteiger charge is 2.18. The van der Waals surface area contributed by atoms with Gasteiger partial charge >= 0.3 is 0 Å². The SMILES string of the molecule is CCCN1CCOC(CCl)C1. The molecule has 1 unspecified atom stereocenters. The van der Waals surface area contributed by atoms with Crippen LogP contribution in [0.2, 0.25) is 0 Å². The van der Waals surface area contributed by atoms with Crippen LogP contribution in [-0.4, -0.2) is 43.1 Å². The number of alkyl halides is 1. The minimum absolute atomic E-state index is 0.261. The topological polar surface area (TPSA) is 12.5 Å². The van der Waals surface area contributed by atoms with Crippen LogP contribution in [0, 0.1) is 0 Å². The molecule has 0 saturated carbocycles. The minimum Gasteiger partial charge on any atom is -0.374 e. The van der Waals surface area contributed by atoms with Crippen LogP contribution in [0.4, 0.5) is 0 Å². The van der Waals surface area contributed by atoms with Crippen molar-refractivity contribution < 1.29 is 4.74 Å². The first-order chi connectivity index (χ1) is 5.36. The standard InChI is InChI=1S/C8H16ClNO/c1-2-3-10-4-5-11-8(6-9)7-10/h8H,2-7H2,1H3. The Kier molecular flexibility index (Phi) is 4.20. The van der Waals surface area contributed by atoms with E-state index in [1.165, 1.54) is 13.0 Å². The summed E-state index contributed by atoms with van der Waals surface area (Å²) in [5.41, 5.74) is 0. The van der Waals surface area contributed by atoms with E-state index in [9.17, 15) is 0 Å². The maximum atomic E-state index is 5.69. The number of rotatable bonds is 3. The van der Waals surface area contributed by atoms with E-state index in [0.29, 0.717) is 5.88 Å². The van der Waals surface area contributed by atoms with Gasteiger partial charge in [0.25, 0.3) is 0 Å². The maximum Gasteiger partial charge on any atom is 0.0837 e. The molecule has 0 aromatic rings. The Morgan fingerprint density at radius 1 is 1.64 bits per heavy atom. The number of hydrogen-bond acceptors (Lipinski definition) is 2. The lowest BCUT2D eigenvalue weighted by atomic mass is 10.3. The molecule has 1 aliphatic heterocycles. The van der Waals surface area contributed by atoms with Crippen molar-refractivity contribution in [3.8, 4) is 0 Å². The molecule has 1 atom stereocenters. The van der Waals surface area contributed by atoms with Gasteiger partial charge in [-0.15, -0.1) is 11.6 Å². The zero-order valence-electron chi connectivity index (χ0n) is 7.05. The summed E-state index contributed by atoms with van der Waals surface area (Å²) in [4.78, 5) is 2.41. The number of morpholine rings is 1. The van der Waals surface area contributed by atoms with Crippen LogP contribution in [0.5, 0.6) is 0 Å². The minimum atomic E-state index is 0.261. The second kappa shape index (κ2) is 4.96. The van der Waals surface area contributed by atoms with Crippen molar-refractivity contribution in [1.29, 1.82) is 0 Å². The Balaban J connectivity index is 2.21. The van der Waals surface area contributed by atoms with E-state index in [1.807, 2.05) is 0 Å². The fourth-order valence-electron chi connectivity index (χ4n) is 1.39. The van der Waals surface area contributed by atoms with Crippen molar-refractivity contribution in [2.45, 2.75) is 19.4 Å². The van der Waals surface area contributed by atoms with Crippen LogP contribution in [0.1, 0.15) is 13.3 Å². The van der Waals surface area contributed by atoms with E-state index in [1.54, 1.807) is 0 Å². The third-order valence-electron chi connectivity index (χ3n) is 1.93. The van der Waals surface area contributed by atoms with Crippen molar-refractivity contribution in [1.82, 2.24) is 4.90 Å². The van der Waals surface area contributed by atoms with Crippen molar-refractivity contribution >= 4 is 11.6 Å². The van der Waals surface area contributed by atoms with Crippen molar-refractivity contribution in [2.75, 3.05) is 32.1 Å². The van der Waals surface area contributed by atoms with Crippen LogP contribution in [0.3, 0.4) is 0 Å². The van der Waals surface area contributed by atoms with E-state index in [-0.39, 0.29) is 6.10 Å². The fraction of sp³-hybridized carbons (Fsp3) is 1.00. The number of ether oxygens (including phenoxy) is 1. The monoisotopic (exact) mass is 177 g/mol. The summed E-state index contributed by atoms with van der Waals surface area (Å²) in [6, 6.07) is 0. The molecule has 0 N–H and O–H groups in total. The normalized spacial score (nSPS) is 27.3. The van der Waals surface area contributed by atoms with E-state index in [0.717, 1.165) is 19.7 Å². The maximum absolute atomic E-state index is 5.69. The Labute approximate surface area is 73.5 Å². The van der Waals surface area contributed by atoms with Gasteiger partial charge in [0.05, 0.1) is 12.7 Å². The molecule has 0 spiro atoms. The first kappa shape index (κ1) is 9.30. The first-order valence-electron chi connectivity index (χ1n) is 4.26. The number of halogens is 1. The molecular formula is C8H16ClNO. The lowest BCUT2D eigenvalue weighted by Gasteiger charge is -2.31. The molecular weight excluding hydrogens is 162 g/mol. The molecule has 3 heteroatoms. The van der Waals surface area contributed by atoms with E-state index in [4.69, 9.17) is 16.3 Å². The molecule has 11 heavy (non-hydrogen) atoms. The predicted octanol–water partition coefficient (Wildman–Crippen LogP) is 1.34. The van der Waals surface area contributed by atoms with Crippen LogP contribution in [0.25, 0.3) is 0 Å². The quantitative estimate of drug-likeness (QED) is 0.604. The highest BCUT2D eigenvalue weighted by atomic mass is 35.5. The van der Waals surface area contributed by atoms with Crippen molar-refractivity contribution in [3.63, 3.8) is 0 Å². The molecule has 0 aliphatic carbocycles. The van der Waals surface area contributed by atoms with Gasteiger partial charge in [-0.25, -0.2) is 0 Å². The largest absolute Gasteiger partial charge is 0.374 e. The zero-order chi connectivity index (χ0) is 8.10. The van der Waals surface area contributed by atoms with E-state index < -0.39 is 0 Å². The van der Waals surface area contributed by atoms with Crippen LogP contribution in [0.15, 0.2) is 0 Å². The molecule has 1 aliphatic rings. The summed E-state index contributed by atoms with van der Waals surface area (Å²) in [6.45, 7) is 6.30. The smallest absolute Gasteiger partial charge is 0.0837 e. The lowest BCUT2D eigenvalue weighted by molar-refractivity contribution is -0.0162. The molecule has 0 bridgehead atoms. The zero-order valence-corrected chi connectivity index (χ0v) is 7.81. The van der Waals surface area contributed by atoms with Gasteiger partial charge < -0.3 is 4.74 Å². The lowest BCUT2D eigenvalue weighted by Crippen LogP contribution is -2.43. The first-order valence-corrected chi connectivity index (χ1v) is 4.80. The van der Waals surface area contributed by atoms with Crippen LogP contribution >= 0.6 is 11.6 Å². The molecule has 1 fully saturated rings. The summed E-state index contributed by atoms with van der Waals surface area (Å²) >= 11 is 5.69. The Morgan fingerprint density at radius 3 is 3.09 bits per heavy atom. The van der Waals surface area contributed by atoms with Gasteiger partial charge in [-0.2, -0.15) is 0 Å². The Bertz CT molecular complexity index is 108. The Morgan fingerprint density at radius 2 is 2.45 bits per heavy atom. The molecule has 66 valence electrons. The van der Waals surface area contributed by atoms with Crippen LogP contribution < -0.4 is 0 Å². The molecule has 0 radical (unpaired) electrons. The fourth-order valence-corrected chi connectivity index (χ4v) is 1.58. The summed E-state index contributed by atoms with van der Waals surface area (Å²) in [5.74, 6) is 0.625. The van der Waals surface area contributed by atoms with Gasteiger partial charge in [-0.1, -0.05) is 6.92 Å². The summed E-state index contributed by atoms with van der Waals surface area (Å²) in [5, 5.41) is 0. The molecule has 1 rings (SSSR count). The van der Waals surface area contributed by atoms with Gasteiger partial charge in [-0.05, 0) is 13.0 Å². The van der Waals surface area contributed by atoms with Crippen molar-refractivity contribution in [2.24, 2.45) is 0 Å². The van der Waals surface area contributed by atoms with Gasteiger partial charge in [0.1, 0.15) is 0 Å². The highest BCUT2D eigenvalue weighted by molar-refractivity contribution is 6.18. The van der Waals surface area contributed by atoms with Gasteiger partial charge in [0.2, 0.25) is 0 Å². The van der Waals surface area contributed by atoms with Gasteiger partial charge in [-0.3, -0.25) is 4.90 Å². The van der Waals surface area contributed by atoms with Gasteiger partial charge in [0.15, 0.2) is 0 Å². The molecule has 0 aromatic carbocycles. The number of hydrogen-bond donors (Lipinski definition) is 0. The third-order valence-corrected chi connectivity index (χ3v) is 2.28. The average molecular weight is 178 g/mol. The van der Waals surface area contributed by atoms with Crippen molar-refractivity contribution in [3.05, 3.63) is 0 Å². The predicted molar refractivity (Wildman–Crippen MR) is 47.2 cm³/mol. The van der Waals surface area contributed by atoms with Gasteiger partial charge in [0, 0.05) is 19.0 Å². The third kappa shape index (κ3) is 2.97. The van der Waals surface area contributed by atoms with Crippen LogP contribution in [-0.2, 0) is 4.74 Å². The van der Waals surface area contributed by atoms with E-state index in [2.05, 4.69) is 11.8 Å². The molecule has 2 nitrogen and oxygen atoms in total. The molecule has 1 saturated heterocycles. The Hall–Kier alpha value is 0.210. The highest BCUT2D eigenvalue weighted by Crippen LogP contribution is 2.06. The second-order valence-electron chi connectivity index (χ2n) is 2.95. The molecule has 0 aromatic heterocycles. The second-order valence-corrected chi connectivity index (χ2v) is 3.26. The summed E-state index contributed by atoms with van der Waals surface area (Å²) in [6.07, 6.45) is 1.48. The summed E-state index contributed by atoms with van der Waals surface area (Å²) < 4.78 is 5.43. The average Bonchev–Trinajstić information content (AvgIpc) is 2.06. The summed E-state index contributed by atoms with van der Waals surface area (Å²) in [7, 11) is 0. The molecule has 0 amide bonds. The van der Waals surface area contributed by atoms with E-state index >= 15 is 0 Å². The number of nitrogens with zero attached hydrogens (tertiary/aromatic N) is 1. The molecule has 1 heterocycles.